The zero-order valence-corrected chi connectivity index (χ0v) is 21.5. The summed E-state index contributed by atoms with van der Waals surface area (Å²) in [5.74, 6) is 1.00. The van der Waals surface area contributed by atoms with Gasteiger partial charge >= 0.3 is 0 Å². The first kappa shape index (κ1) is 24.4. The summed E-state index contributed by atoms with van der Waals surface area (Å²) in [5, 5.41) is 0.390. The molecule has 2 fully saturated rings. The maximum atomic E-state index is 12.8. The van der Waals surface area contributed by atoms with Crippen LogP contribution in [-0.4, -0.2) is 55.5 Å². The third-order valence-electron chi connectivity index (χ3n) is 5.48. The maximum Gasteiger partial charge on any atom is 0.251 e. The fraction of sp³-hybridized carbons (Fsp3) is 0.619. The van der Waals surface area contributed by atoms with E-state index in [2.05, 4.69) is 20.9 Å². The summed E-state index contributed by atoms with van der Waals surface area (Å²) in [5.41, 5.74) is 0.722. The van der Waals surface area contributed by atoms with Gasteiger partial charge in [-0.15, -0.1) is 0 Å². The van der Waals surface area contributed by atoms with Crippen LogP contribution in [0.5, 0.6) is 11.5 Å². The summed E-state index contributed by atoms with van der Waals surface area (Å²) in [6, 6.07) is 3.38. The lowest BCUT2D eigenvalue weighted by atomic mass is 10.0. The predicted molar refractivity (Wildman–Crippen MR) is 129 cm³/mol. The molecule has 172 valence electrons. The van der Waals surface area contributed by atoms with Crippen LogP contribution in [0.3, 0.4) is 0 Å². The van der Waals surface area contributed by atoms with E-state index in [1.54, 1.807) is 0 Å². The van der Waals surface area contributed by atoms with Crippen molar-refractivity contribution in [3.8, 4) is 11.5 Å². The van der Waals surface area contributed by atoms with E-state index >= 15 is 0 Å². The van der Waals surface area contributed by atoms with Gasteiger partial charge in [-0.05, 0) is 42.6 Å². The molecule has 0 bridgehead atoms. The van der Waals surface area contributed by atoms with Crippen molar-refractivity contribution < 1.29 is 22.7 Å². The topological polar surface area (TPSA) is 85.3 Å². The van der Waals surface area contributed by atoms with Gasteiger partial charge in [0, 0.05) is 27.8 Å². The molecule has 1 aromatic rings. The van der Waals surface area contributed by atoms with Crippen molar-refractivity contribution in [3.63, 3.8) is 0 Å². The molecule has 2 saturated heterocycles. The number of halogens is 1. The van der Waals surface area contributed by atoms with Crippen molar-refractivity contribution in [2.24, 2.45) is 10.9 Å². The Kier molecular flexibility index (Phi) is 7.96. The summed E-state index contributed by atoms with van der Waals surface area (Å²) < 4.78 is 36.9. The SMILES string of the molecule is CCOc1cc(Br)c(N2C(=NC(=O)C(CC)CC)S[C@@H]3CS(=O)(=O)C[C@H]32)cc1OCC. The molecule has 0 saturated carbocycles. The molecule has 2 aliphatic rings. The highest BCUT2D eigenvalue weighted by Crippen LogP contribution is 2.46. The van der Waals surface area contributed by atoms with Gasteiger partial charge in [-0.2, -0.15) is 4.99 Å². The Balaban J connectivity index is 2.09. The zero-order valence-electron chi connectivity index (χ0n) is 18.3. The van der Waals surface area contributed by atoms with Gasteiger partial charge in [0.15, 0.2) is 26.5 Å². The Morgan fingerprint density at radius 1 is 1.16 bits per heavy atom. The molecule has 1 amide bonds. The Hall–Kier alpha value is -1.26. The number of hydrogen-bond donors (Lipinski definition) is 0. The second-order valence-electron chi connectivity index (χ2n) is 7.53. The number of carbonyl (C=O) groups excluding carboxylic acids is 1. The highest BCUT2D eigenvalue weighted by Gasteiger charge is 2.50. The number of anilines is 1. The Morgan fingerprint density at radius 2 is 1.77 bits per heavy atom. The first-order valence-electron chi connectivity index (χ1n) is 10.6. The molecule has 2 heterocycles. The summed E-state index contributed by atoms with van der Waals surface area (Å²) >= 11 is 4.99. The van der Waals surface area contributed by atoms with E-state index in [4.69, 9.17) is 9.47 Å². The van der Waals surface area contributed by atoms with Crippen molar-refractivity contribution in [2.45, 2.75) is 51.8 Å². The van der Waals surface area contributed by atoms with Gasteiger partial charge in [0.25, 0.3) is 5.91 Å². The molecule has 3 rings (SSSR count). The zero-order chi connectivity index (χ0) is 22.8. The van der Waals surface area contributed by atoms with Crippen LogP contribution in [-0.2, 0) is 14.6 Å². The molecule has 2 aliphatic heterocycles. The van der Waals surface area contributed by atoms with E-state index in [9.17, 15) is 13.2 Å². The molecular weight excluding hydrogens is 504 g/mol. The smallest absolute Gasteiger partial charge is 0.251 e. The predicted octanol–water partition coefficient (Wildman–Crippen LogP) is 4.28. The second kappa shape index (κ2) is 10.1. The molecule has 31 heavy (non-hydrogen) atoms. The van der Waals surface area contributed by atoms with Crippen LogP contribution >= 0.6 is 27.7 Å². The Morgan fingerprint density at radius 3 is 2.35 bits per heavy atom. The van der Waals surface area contributed by atoms with Gasteiger partial charge < -0.3 is 14.4 Å². The summed E-state index contributed by atoms with van der Waals surface area (Å²) in [6.07, 6.45) is 1.44. The molecule has 0 aromatic heterocycles. The Bertz CT molecular complexity index is 963. The Labute approximate surface area is 197 Å². The molecule has 10 heteroatoms. The minimum Gasteiger partial charge on any atom is -0.490 e. The number of ether oxygens (including phenoxy) is 2. The van der Waals surface area contributed by atoms with Gasteiger partial charge in [0.05, 0.1) is 36.4 Å². The maximum absolute atomic E-state index is 12.8. The van der Waals surface area contributed by atoms with Gasteiger partial charge in [0.1, 0.15) is 0 Å². The van der Waals surface area contributed by atoms with Gasteiger partial charge in [0.2, 0.25) is 0 Å². The number of aliphatic imine (C=N–C) groups is 1. The average molecular weight is 534 g/mol. The number of hydrogen-bond acceptors (Lipinski definition) is 6. The summed E-state index contributed by atoms with van der Waals surface area (Å²) in [4.78, 5) is 19.1. The van der Waals surface area contributed by atoms with E-state index in [-0.39, 0.29) is 34.6 Å². The first-order valence-corrected chi connectivity index (χ1v) is 14.1. The molecule has 0 radical (unpaired) electrons. The van der Waals surface area contributed by atoms with E-state index in [0.717, 1.165) is 23.0 Å². The lowest BCUT2D eigenvalue weighted by Crippen LogP contribution is -2.38. The number of carbonyl (C=O) groups is 1. The standard InChI is InChI=1S/C21H29BrN2O5S2/c1-5-13(6-2)20(25)23-21-24(16-11-31(26,27)12-19(16)30-21)15-10-18(29-8-4)17(28-7-3)9-14(15)22/h9-10,13,16,19H,5-8,11-12H2,1-4H3/t16-,19-/m1/s1. The van der Waals surface area contributed by atoms with Crippen molar-refractivity contribution in [1.82, 2.24) is 0 Å². The number of thioether (sulfide) groups is 1. The molecule has 0 unspecified atom stereocenters. The third kappa shape index (κ3) is 5.22. The highest BCUT2D eigenvalue weighted by atomic mass is 79.9. The molecule has 2 atom stereocenters. The highest BCUT2D eigenvalue weighted by molar-refractivity contribution is 9.10. The second-order valence-corrected chi connectivity index (χ2v) is 11.7. The lowest BCUT2D eigenvalue weighted by molar-refractivity contribution is -0.121. The van der Waals surface area contributed by atoms with Crippen molar-refractivity contribution >= 4 is 54.3 Å². The number of fused-ring (bicyclic) bond motifs is 1. The van der Waals surface area contributed by atoms with E-state index in [0.29, 0.717) is 29.9 Å². The minimum absolute atomic E-state index is 0.0342. The number of nitrogens with zero attached hydrogens (tertiary/aromatic N) is 2. The molecule has 0 spiro atoms. The van der Waals surface area contributed by atoms with Gasteiger partial charge in [-0.25, -0.2) is 8.42 Å². The van der Waals surface area contributed by atoms with Crippen LogP contribution in [0, 0.1) is 5.92 Å². The molecule has 1 aromatic carbocycles. The van der Waals surface area contributed by atoms with Crippen LogP contribution in [0.25, 0.3) is 0 Å². The van der Waals surface area contributed by atoms with E-state index in [1.807, 2.05) is 44.7 Å². The fourth-order valence-corrected chi connectivity index (χ4v) is 8.34. The number of sulfone groups is 1. The lowest BCUT2D eigenvalue weighted by Gasteiger charge is -2.27. The van der Waals surface area contributed by atoms with E-state index in [1.165, 1.54) is 11.8 Å². The quantitative estimate of drug-likeness (QED) is 0.493. The van der Waals surface area contributed by atoms with Crippen LogP contribution < -0.4 is 14.4 Å². The molecule has 7 nitrogen and oxygen atoms in total. The normalized spacial score (nSPS) is 23.4. The van der Waals surface area contributed by atoms with Crippen molar-refractivity contribution in [1.29, 1.82) is 0 Å². The number of amides is 1. The summed E-state index contributed by atoms with van der Waals surface area (Å²) in [6.45, 7) is 8.70. The third-order valence-corrected chi connectivity index (χ3v) is 9.32. The summed E-state index contributed by atoms with van der Waals surface area (Å²) in [7, 11) is -3.15. The monoisotopic (exact) mass is 532 g/mol. The van der Waals surface area contributed by atoms with E-state index < -0.39 is 9.84 Å². The van der Waals surface area contributed by atoms with Gasteiger partial charge in [-0.3, -0.25) is 4.79 Å². The van der Waals surface area contributed by atoms with Crippen LogP contribution in [0.4, 0.5) is 5.69 Å². The fourth-order valence-electron chi connectivity index (χ4n) is 3.92. The average Bonchev–Trinajstić information content (AvgIpc) is 3.16. The molecule has 0 aliphatic carbocycles. The minimum atomic E-state index is -3.15. The first-order chi connectivity index (χ1) is 14.7. The molecular formula is C21H29BrN2O5S2. The number of rotatable bonds is 8. The molecule has 0 N–H and O–H groups in total. The largest absolute Gasteiger partial charge is 0.490 e. The van der Waals surface area contributed by atoms with Gasteiger partial charge in [-0.1, -0.05) is 25.6 Å². The number of amidine groups is 1. The van der Waals surface area contributed by atoms with Crippen LogP contribution in [0.2, 0.25) is 0 Å². The van der Waals surface area contributed by atoms with Crippen LogP contribution in [0.15, 0.2) is 21.6 Å². The van der Waals surface area contributed by atoms with Crippen molar-refractivity contribution in [3.05, 3.63) is 16.6 Å². The van der Waals surface area contributed by atoms with Crippen LogP contribution in [0.1, 0.15) is 40.5 Å². The number of benzene rings is 1. The van der Waals surface area contributed by atoms with Crippen molar-refractivity contribution in [2.75, 3.05) is 29.6 Å².